The van der Waals surface area contributed by atoms with Crippen molar-refractivity contribution in [3.63, 3.8) is 0 Å². The summed E-state index contributed by atoms with van der Waals surface area (Å²) in [6.07, 6.45) is 4.93. The van der Waals surface area contributed by atoms with Crippen LogP contribution in [0.5, 0.6) is 0 Å². The lowest BCUT2D eigenvalue weighted by Gasteiger charge is -2.31. The van der Waals surface area contributed by atoms with Crippen LogP contribution in [-0.2, 0) is 16.0 Å². The van der Waals surface area contributed by atoms with E-state index in [4.69, 9.17) is 4.74 Å². The van der Waals surface area contributed by atoms with Gasteiger partial charge in [-0.2, -0.15) is 0 Å². The highest BCUT2D eigenvalue weighted by molar-refractivity contribution is 5.95. The molecule has 0 bridgehead atoms. The summed E-state index contributed by atoms with van der Waals surface area (Å²) in [5.74, 6) is 0.758. The van der Waals surface area contributed by atoms with Crippen LogP contribution >= 0.6 is 0 Å². The van der Waals surface area contributed by atoms with E-state index in [-0.39, 0.29) is 12.0 Å². The molecular formula is C18H25NO2. The Bertz CT molecular complexity index is 518. The Morgan fingerprint density at radius 2 is 2.24 bits per heavy atom. The normalized spacial score (nSPS) is 21.7. The molecule has 1 amide bonds. The van der Waals surface area contributed by atoms with Gasteiger partial charge in [-0.25, -0.2) is 0 Å². The minimum Gasteiger partial charge on any atom is -0.378 e. The molecule has 1 atom stereocenters. The molecule has 3 rings (SSSR count). The number of benzene rings is 1. The molecule has 0 spiro atoms. The molecule has 1 unspecified atom stereocenters. The number of carbonyl (C=O) groups excluding carboxylic acids is 1. The molecule has 2 aliphatic heterocycles. The van der Waals surface area contributed by atoms with E-state index < -0.39 is 0 Å². The van der Waals surface area contributed by atoms with Gasteiger partial charge in [0, 0.05) is 18.8 Å². The first-order chi connectivity index (χ1) is 10.1. The Morgan fingerprint density at radius 3 is 2.95 bits per heavy atom. The Kier molecular flexibility index (Phi) is 4.29. The molecule has 2 aliphatic rings. The summed E-state index contributed by atoms with van der Waals surface area (Å²) >= 11 is 0. The van der Waals surface area contributed by atoms with Crippen molar-refractivity contribution < 1.29 is 9.53 Å². The molecule has 3 nitrogen and oxygen atoms in total. The second kappa shape index (κ2) is 6.18. The molecule has 1 fully saturated rings. The number of rotatable bonds is 3. The van der Waals surface area contributed by atoms with Crippen molar-refractivity contribution in [2.45, 2.75) is 58.0 Å². The monoisotopic (exact) mass is 287 g/mol. The van der Waals surface area contributed by atoms with E-state index in [9.17, 15) is 4.79 Å². The van der Waals surface area contributed by atoms with Gasteiger partial charge in [0.25, 0.3) is 0 Å². The highest BCUT2D eigenvalue weighted by atomic mass is 16.5. The third-order valence-electron chi connectivity index (χ3n) is 4.62. The summed E-state index contributed by atoms with van der Waals surface area (Å²) in [4.78, 5) is 14.6. The van der Waals surface area contributed by atoms with Crippen LogP contribution in [0.15, 0.2) is 18.2 Å². The van der Waals surface area contributed by atoms with E-state index in [1.54, 1.807) is 0 Å². The average molecular weight is 287 g/mol. The Balaban J connectivity index is 1.77. The average Bonchev–Trinajstić information content (AvgIpc) is 2.98. The molecule has 0 radical (unpaired) electrons. The molecule has 0 aliphatic carbocycles. The lowest BCUT2D eigenvalue weighted by molar-refractivity contribution is -0.120. The Hall–Kier alpha value is -1.35. The highest BCUT2D eigenvalue weighted by Crippen LogP contribution is 2.31. The zero-order valence-corrected chi connectivity index (χ0v) is 13.1. The topological polar surface area (TPSA) is 29.5 Å². The van der Waals surface area contributed by atoms with Gasteiger partial charge < -0.3 is 9.64 Å². The van der Waals surface area contributed by atoms with Gasteiger partial charge in [0.05, 0.1) is 12.5 Å². The van der Waals surface area contributed by atoms with Crippen molar-refractivity contribution in [1.29, 1.82) is 0 Å². The zero-order chi connectivity index (χ0) is 14.8. The largest absolute Gasteiger partial charge is 0.378 e. The lowest BCUT2D eigenvalue weighted by Crippen LogP contribution is -2.37. The summed E-state index contributed by atoms with van der Waals surface area (Å²) in [7, 11) is 0. The molecule has 0 saturated carbocycles. The zero-order valence-electron chi connectivity index (χ0n) is 13.1. The quantitative estimate of drug-likeness (QED) is 0.849. The predicted octanol–water partition coefficient (Wildman–Crippen LogP) is 3.66. The summed E-state index contributed by atoms with van der Waals surface area (Å²) in [5, 5.41) is 0. The van der Waals surface area contributed by atoms with Crippen LogP contribution in [0.1, 0.15) is 56.6 Å². The van der Waals surface area contributed by atoms with Gasteiger partial charge in [0.2, 0.25) is 5.91 Å². The summed E-state index contributed by atoms with van der Waals surface area (Å²) < 4.78 is 5.61. The van der Waals surface area contributed by atoms with Crippen LogP contribution in [0.4, 0.5) is 5.69 Å². The van der Waals surface area contributed by atoms with Gasteiger partial charge in [-0.05, 0) is 48.8 Å². The molecule has 1 saturated heterocycles. The second-order valence-electron chi connectivity index (χ2n) is 6.53. The van der Waals surface area contributed by atoms with Gasteiger partial charge in [-0.15, -0.1) is 0 Å². The number of aryl methyl sites for hydroxylation is 1. The number of amides is 1. The highest BCUT2D eigenvalue weighted by Gasteiger charge is 2.26. The molecular weight excluding hydrogens is 262 g/mol. The molecule has 3 heteroatoms. The number of hydrogen-bond donors (Lipinski definition) is 0. The van der Waals surface area contributed by atoms with E-state index in [1.165, 1.54) is 11.1 Å². The van der Waals surface area contributed by atoms with Gasteiger partial charge in [0.15, 0.2) is 0 Å². The molecule has 114 valence electrons. The second-order valence-corrected chi connectivity index (χ2v) is 6.53. The van der Waals surface area contributed by atoms with Crippen LogP contribution in [0.3, 0.4) is 0 Å². The fraction of sp³-hybridized carbons (Fsp3) is 0.611. The van der Waals surface area contributed by atoms with Crippen molar-refractivity contribution in [3.05, 3.63) is 29.3 Å². The Labute approximate surface area is 127 Å². The first kappa shape index (κ1) is 14.6. The fourth-order valence-electron chi connectivity index (χ4n) is 3.35. The third-order valence-corrected chi connectivity index (χ3v) is 4.62. The standard InChI is InChI=1S/C18H25NO2/c1-13(2)14-7-8-17-15(11-14)5-3-9-19(17)18(20)12-16-6-4-10-21-16/h7-8,11,13,16H,3-6,9-10,12H2,1-2H3. The fourth-order valence-corrected chi connectivity index (χ4v) is 3.35. The van der Waals surface area contributed by atoms with Crippen molar-refractivity contribution in [2.75, 3.05) is 18.1 Å². The predicted molar refractivity (Wildman–Crippen MR) is 84.8 cm³/mol. The summed E-state index contributed by atoms with van der Waals surface area (Å²) in [6, 6.07) is 6.59. The first-order valence-corrected chi connectivity index (χ1v) is 8.20. The van der Waals surface area contributed by atoms with Crippen LogP contribution in [-0.4, -0.2) is 25.2 Å². The molecule has 0 aromatic heterocycles. The maximum absolute atomic E-state index is 12.6. The number of fused-ring (bicyclic) bond motifs is 1. The van der Waals surface area contributed by atoms with Crippen LogP contribution < -0.4 is 4.90 Å². The maximum atomic E-state index is 12.6. The van der Waals surface area contributed by atoms with Crippen LogP contribution in [0.2, 0.25) is 0 Å². The number of hydrogen-bond acceptors (Lipinski definition) is 2. The summed E-state index contributed by atoms with van der Waals surface area (Å²) in [6.45, 7) is 6.08. The van der Waals surface area contributed by atoms with Crippen molar-refractivity contribution in [3.8, 4) is 0 Å². The number of nitrogens with zero attached hydrogens (tertiary/aromatic N) is 1. The van der Waals surface area contributed by atoms with Gasteiger partial charge in [-0.3, -0.25) is 4.79 Å². The maximum Gasteiger partial charge on any atom is 0.229 e. The molecule has 21 heavy (non-hydrogen) atoms. The number of ether oxygens (including phenoxy) is 1. The van der Waals surface area contributed by atoms with E-state index >= 15 is 0 Å². The minimum atomic E-state index is 0.137. The molecule has 1 aromatic carbocycles. The van der Waals surface area contributed by atoms with Gasteiger partial charge in [0.1, 0.15) is 0 Å². The van der Waals surface area contributed by atoms with E-state index in [0.717, 1.165) is 44.5 Å². The SMILES string of the molecule is CC(C)c1ccc2c(c1)CCCN2C(=O)CC1CCCO1. The van der Waals surface area contributed by atoms with Crippen molar-refractivity contribution in [1.82, 2.24) is 0 Å². The van der Waals surface area contributed by atoms with Crippen molar-refractivity contribution in [2.24, 2.45) is 0 Å². The smallest absolute Gasteiger partial charge is 0.229 e. The van der Waals surface area contributed by atoms with Crippen molar-refractivity contribution >= 4 is 11.6 Å². The van der Waals surface area contributed by atoms with E-state index in [0.29, 0.717) is 12.3 Å². The number of carbonyl (C=O) groups is 1. The number of anilines is 1. The minimum absolute atomic E-state index is 0.137. The van der Waals surface area contributed by atoms with Crippen LogP contribution in [0, 0.1) is 0 Å². The lowest BCUT2D eigenvalue weighted by atomic mass is 9.94. The molecule has 1 aromatic rings. The molecule has 0 N–H and O–H groups in total. The van der Waals surface area contributed by atoms with Gasteiger partial charge in [-0.1, -0.05) is 26.0 Å². The third kappa shape index (κ3) is 3.13. The first-order valence-electron chi connectivity index (χ1n) is 8.20. The molecule has 2 heterocycles. The van der Waals surface area contributed by atoms with Gasteiger partial charge >= 0.3 is 0 Å². The summed E-state index contributed by atoms with van der Waals surface area (Å²) in [5.41, 5.74) is 3.81. The van der Waals surface area contributed by atoms with E-state index in [1.807, 2.05) is 4.90 Å². The van der Waals surface area contributed by atoms with E-state index in [2.05, 4.69) is 32.0 Å². The Morgan fingerprint density at radius 1 is 1.38 bits per heavy atom. The van der Waals surface area contributed by atoms with Crippen LogP contribution in [0.25, 0.3) is 0 Å².